The highest BCUT2D eigenvalue weighted by Crippen LogP contribution is 2.54. The maximum absolute atomic E-state index is 12.8. The summed E-state index contributed by atoms with van der Waals surface area (Å²) in [5, 5.41) is 20.6. The number of aliphatic hydroxyl groups excluding tert-OH is 1. The van der Waals surface area contributed by atoms with Gasteiger partial charge in [0.2, 0.25) is 42.9 Å². The van der Waals surface area contributed by atoms with Gasteiger partial charge in [0, 0.05) is 65.7 Å². The molecule has 2 saturated heterocycles. The molecule has 0 aromatic heterocycles. The Morgan fingerprint density at radius 1 is 0.899 bits per heavy atom. The molecule has 3 fully saturated rings. The Morgan fingerprint density at radius 3 is 1.86 bits per heavy atom. The second kappa shape index (κ2) is 48.2. The molecule has 7 unspecified atom stereocenters. The number of hydrogen-bond acceptors (Lipinski definition) is 11. The highest BCUT2D eigenvalue weighted by atomic mass is 32.2. The Balaban J connectivity index is -0.000000563. The van der Waals surface area contributed by atoms with E-state index in [1.165, 1.54) is 30.6 Å². The monoisotopic (exact) mass is 1140 g/mol. The number of primary amides is 2. The van der Waals surface area contributed by atoms with E-state index < -0.39 is 11.9 Å². The summed E-state index contributed by atoms with van der Waals surface area (Å²) in [5.74, 6) is 0.255. The summed E-state index contributed by atoms with van der Waals surface area (Å²) in [7, 11) is 3.52. The zero-order valence-electron chi connectivity index (χ0n) is 52.4. The first-order chi connectivity index (χ1) is 37.2. The standard InChI is InChI=1S/C30H55N3O5S.C12H16O3.C8H13NO.C4H10.C3H8.C2H6.2CH3NO/c1-9-22(3)28(23(10-2)38-8)32(7)26(35)16-18-31-25(34)15-12-11-13-19-33-27(36)21-24(29(33)37)39-20-14-17-30(4,5)6;1-9(8-13)11(12(14)15)7-10-5-3-2-4-6-10;1-7-4-8(2-3-8)5-9(7)6-10;1-4(2)3;1-3-2;1-2;2*2-1-3/h22-24,28H,9-21H2,1-8H3,(H,31,34);2-6,9,11,13H,7-8H2,1H3,(H,14,15);6-7H,2-5H2,1H3;4H,1-3H3;3H2,1-2H3;1-2H3;2*1H,(H2,2,3). The molecule has 2 aliphatic heterocycles. The number of carboxylic acids is 1. The number of carbonyl (C=O) groups excluding carboxylic acids is 7. The fourth-order valence-electron chi connectivity index (χ4n) is 8.66. The average Bonchev–Trinajstić information content (AvgIpc) is 4.00. The Kier molecular flexibility index (Phi) is 49.4. The van der Waals surface area contributed by atoms with Crippen LogP contribution in [0.2, 0.25) is 0 Å². The largest absolute Gasteiger partial charge is 0.481 e. The number of nitrogens with two attached hydrogens (primary N) is 2. The molecule has 1 aromatic carbocycles. The van der Waals surface area contributed by atoms with Crippen LogP contribution in [-0.2, 0) is 49.5 Å². The molecule has 0 radical (unpaired) electrons. The number of amides is 7. The predicted octanol–water partition coefficient (Wildman–Crippen LogP) is 9.92. The van der Waals surface area contributed by atoms with E-state index in [0.29, 0.717) is 62.6 Å². The van der Waals surface area contributed by atoms with E-state index in [-0.39, 0.29) is 78.2 Å². The molecule has 18 heteroatoms. The van der Waals surface area contributed by atoms with Crippen LogP contribution in [0.5, 0.6) is 0 Å². The summed E-state index contributed by atoms with van der Waals surface area (Å²) >= 11 is 1.61. The van der Waals surface area contributed by atoms with Crippen molar-refractivity contribution in [2.75, 3.05) is 46.2 Å². The molecule has 3 aliphatic rings. The molecular formula is C61H114N6O11S. The molecule has 7 N–H and O–H groups in total. The van der Waals surface area contributed by atoms with Crippen molar-refractivity contribution in [3.05, 3.63) is 35.9 Å². The van der Waals surface area contributed by atoms with Crippen LogP contribution in [0.1, 0.15) is 199 Å². The van der Waals surface area contributed by atoms with Crippen molar-refractivity contribution >= 4 is 60.6 Å². The summed E-state index contributed by atoms with van der Waals surface area (Å²) < 4.78 is 5.64. The maximum Gasteiger partial charge on any atom is 0.307 e. The van der Waals surface area contributed by atoms with E-state index in [1.54, 1.807) is 30.7 Å². The smallest absolute Gasteiger partial charge is 0.307 e. The average molecular weight is 1140 g/mol. The van der Waals surface area contributed by atoms with Crippen LogP contribution in [-0.4, -0.2) is 143 Å². The summed E-state index contributed by atoms with van der Waals surface area (Å²) in [4.78, 5) is 93.8. The predicted molar refractivity (Wildman–Crippen MR) is 324 cm³/mol. The number of unbranched alkanes of at least 4 members (excludes halogenated alkanes) is 2. The van der Waals surface area contributed by atoms with E-state index >= 15 is 0 Å². The number of ether oxygens (including phenoxy) is 1. The SMILES string of the molecule is CC.CC(C)C.CC(CO)C(Cc1ccccc1)C(=O)O.CC1CC2(CC2)CN1C=O.CCC.CCC(C)C(C(CC)OC)N(C)C(=O)CCNC(=O)CCCCCN1C(=O)CC(SCCCC(C)(C)C)C1=O.NC=O.NC=O. The fraction of sp³-hybridized carbons (Fsp3) is 0.770. The number of nitrogens with one attached hydrogen (secondary N) is 1. The van der Waals surface area contributed by atoms with Gasteiger partial charge in [0.15, 0.2) is 0 Å². The summed E-state index contributed by atoms with van der Waals surface area (Å²) in [6.45, 7) is 33.3. The Labute approximate surface area is 483 Å². The van der Waals surface area contributed by atoms with Crippen molar-refractivity contribution in [2.24, 2.45) is 46.0 Å². The van der Waals surface area contributed by atoms with Gasteiger partial charge in [-0.05, 0) is 105 Å². The van der Waals surface area contributed by atoms with Gasteiger partial charge in [-0.25, -0.2) is 0 Å². The highest BCUT2D eigenvalue weighted by Gasteiger charge is 2.50. The van der Waals surface area contributed by atoms with Gasteiger partial charge in [0.25, 0.3) is 0 Å². The quantitative estimate of drug-likeness (QED) is 0.0348. The van der Waals surface area contributed by atoms with Crippen LogP contribution in [0.15, 0.2) is 30.3 Å². The molecule has 4 rings (SSSR count). The van der Waals surface area contributed by atoms with E-state index in [4.69, 9.17) is 24.5 Å². The Morgan fingerprint density at radius 2 is 1.44 bits per heavy atom. The summed E-state index contributed by atoms with van der Waals surface area (Å²) in [5.41, 5.74) is 10.2. The number of carbonyl (C=O) groups is 8. The number of rotatable bonds is 25. The summed E-state index contributed by atoms with van der Waals surface area (Å²) in [6.07, 6.45) is 14.2. The van der Waals surface area contributed by atoms with E-state index in [2.05, 4.69) is 99.9 Å². The number of likely N-dealkylation sites (tertiary alicyclic amines) is 2. The number of methoxy groups -OCH3 is 1. The Hall–Kier alpha value is -4.55. The van der Waals surface area contributed by atoms with Crippen LogP contribution in [0, 0.1) is 34.5 Å². The van der Waals surface area contributed by atoms with Crippen LogP contribution >= 0.6 is 11.8 Å². The van der Waals surface area contributed by atoms with Crippen LogP contribution in [0.4, 0.5) is 0 Å². The van der Waals surface area contributed by atoms with Gasteiger partial charge in [0.1, 0.15) is 0 Å². The topological polar surface area (TPSA) is 260 Å². The number of benzene rings is 1. The van der Waals surface area contributed by atoms with Crippen molar-refractivity contribution in [1.29, 1.82) is 0 Å². The fourth-order valence-corrected chi connectivity index (χ4v) is 9.79. The van der Waals surface area contributed by atoms with Crippen LogP contribution in [0.25, 0.3) is 0 Å². The van der Waals surface area contributed by atoms with Crippen LogP contribution < -0.4 is 16.8 Å². The molecule has 1 spiro atoms. The maximum atomic E-state index is 12.8. The van der Waals surface area contributed by atoms with Gasteiger partial charge in [-0.2, -0.15) is 0 Å². The number of thioether (sulfide) groups is 1. The molecule has 0 bridgehead atoms. The van der Waals surface area contributed by atoms with Gasteiger partial charge in [-0.1, -0.05) is 147 Å². The third-order valence-electron chi connectivity index (χ3n) is 13.2. The zero-order valence-corrected chi connectivity index (χ0v) is 53.2. The lowest BCUT2D eigenvalue weighted by Gasteiger charge is -2.37. The minimum absolute atomic E-state index is 0.00159. The molecule has 1 aromatic rings. The lowest BCUT2D eigenvalue weighted by Crippen LogP contribution is -2.49. The molecule has 7 atom stereocenters. The van der Waals surface area contributed by atoms with Crippen LogP contribution in [0.3, 0.4) is 0 Å². The first-order valence-corrected chi connectivity index (χ1v) is 30.2. The molecule has 17 nitrogen and oxygen atoms in total. The number of aliphatic carboxylic acids is 1. The first kappa shape index (κ1) is 80.9. The number of carboxylic acid groups (broad SMARTS) is 1. The molecule has 79 heavy (non-hydrogen) atoms. The van der Waals surface area contributed by atoms with Gasteiger partial charge >= 0.3 is 5.97 Å². The van der Waals surface area contributed by atoms with Crippen molar-refractivity contribution in [3.63, 3.8) is 0 Å². The van der Waals surface area contributed by atoms with Crippen molar-refractivity contribution in [2.45, 2.75) is 224 Å². The highest BCUT2D eigenvalue weighted by molar-refractivity contribution is 8.00. The zero-order chi connectivity index (χ0) is 61.7. The second-order valence-electron chi connectivity index (χ2n) is 22.4. The van der Waals surface area contributed by atoms with E-state index in [9.17, 15) is 28.8 Å². The summed E-state index contributed by atoms with van der Waals surface area (Å²) in [6, 6.07) is 9.98. The van der Waals surface area contributed by atoms with Gasteiger partial charge in [-0.3, -0.25) is 43.3 Å². The lowest BCUT2D eigenvalue weighted by atomic mass is 9.88. The number of hydrogen-bond donors (Lipinski definition) is 5. The van der Waals surface area contributed by atoms with Crippen molar-refractivity contribution in [1.82, 2.24) is 20.0 Å². The number of aliphatic hydroxyl groups is 1. The number of likely N-dealkylation sites (N-methyl/N-ethyl adjacent to an activating group) is 1. The van der Waals surface area contributed by atoms with Gasteiger partial charge in [-0.15, -0.1) is 11.8 Å². The molecule has 7 amide bonds. The van der Waals surface area contributed by atoms with Crippen molar-refractivity contribution in [3.8, 4) is 0 Å². The molecule has 460 valence electrons. The first-order valence-electron chi connectivity index (χ1n) is 29.1. The number of nitrogens with zero attached hydrogens (tertiary/aromatic N) is 3. The minimum atomic E-state index is -0.847. The third kappa shape index (κ3) is 38.7. The minimum Gasteiger partial charge on any atom is -0.481 e. The lowest BCUT2D eigenvalue weighted by molar-refractivity contribution is -0.144. The van der Waals surface area contributed by atoms with Gasteiger partial charge < -0.3 is 41.5 Å². The van der Waals surface area contributed by atoms with E-state index in [1.807, 2.05) is 56.1 Å². The Bertz CT molecular complexity index is 1750. The normalized spacial score (nSPS) is 17.3. The molecule has 2 heterocycles. The molecule has 1 aliphatic carbocycles. The molecular weight excluding hydrogens is 1020 g/mol. The molecule has 1 saturated carbocycles. The third-order valence-corrected chi connectivity index (χ3v) is 14.5. The number of imide groups is 1. The second-order valence-corrected chi connectivity index (χ2v) is 23.7. The van der Waals surface area contributed by atoms with Gasteiger partial charge in [0.05, 0.1) is 23.3 Å². The van der Waals surface area contributed by atoms with E-state index in [0.717, 1.165) is 62.3 Å². The van der Waals surface area contributed by atoms with Crippen molar-refractivity contribution < 1.29 is 53.3 Å².